The minimum absolute atomic E-state index is 0.231. The van der Waals surface area contributed by atoms with E-state index in [4.69, 9.17) is 11.6 Å². The van der Waals surface area contributed by atoms with Crippen molar-refractivity contribution >= 4 is 28.4 Å². The third-order valence-electron chi connectivity index (χ3n) is 3.85. The van der Waals surface area contributed by atoms with Gasteiger partial charge in [0, 0.05) is 18.6 Å². The zero-order valence-electron chi connectivity index (χ0n) is 13.5. The molecule has 126 valence electrons. The molecule has 0 saturated carbocycles. The van der Waals surface area contributed by atoms with Gasteiger partial charge in [0.05, 0.1) is 22.1 Å². The van der Waals surface area contributed by atoms with E-state index in [0.717, 1.165) is 10.9 Å². The number of nitrogens with one attached hydrogen (secondary N) is 2. The molecule has 2 heterocycles. The highest BCUT2D eigenvalue weighted by molar-refractivity contribution is 6.35. The van der Waals surface area contributed by atoms with E-state index in [0.29, 0.717) is 22.2 Å². The van der Waals surface area contributed by atoms with Crippen LogP contribution in [0.2, 0.25) is 5.02 Å². The quantitative estimate of drug-likeness (QED) is 0.675. The van der Waals surface area contributed by atoms with Gasteiger partial charge in [0.2, 0.25) is 0 Å². The fraction of sp³-hybridized carbons (Fsp3) is 0.312. The van der Waals surface area contributed by atoms with Gasteiger partial charge in [0.15, 0.2) is 5.82 Å². The number of amides is 1. The summed E-state index contributed by atoms with van der Waals surface area (Å²) in [5.74, 6) is 0.547. The number of hydrogen-bond acceptors (Lipinski definition) is 4. The van der Waals surface area contributed by atoms with Crippen LogP contribution in [0.25, 0.3) is 10.9 Å². The number of H-pyrrole nitrogens is 1. The van der Waals surface area contributed by atoms with Crippen molar-refractivity contribution in [3.8, 4) is 0 Å². The predicted molar refractivity (Wildman–Crippen MR) is 90.8 cm³/mol. The molecule has 0 aliphatic carbocycles. The van der Waals surface area contributed by atoms with Gasteiger partial charge in [-0.05, 0) is 19.9 Å². The molecule has 3 aromatic rings. The van der Waals surface area contributed by atoms with Gasteiger partial charge in [0.1, 0.15) is 11.9 Å². The van der Waals surface area contributed by atoms with Crippen LogP contribution in [0, 0.1) is 0 Å². The van der Waals surface area contributed by atoms with Gasteiger partial charge in [-0.1, -0.05) is 23.7 Å². The molecule has 3 N–H and O–H groups in total. The molecular weight excluding hydrogens is 330 g/mol. The average Bonchev–Trinajstić information content (AvgIpc) is 3.13. The third-order valence-corrected chi connectivity index (χ3v) is 4.15. The number of aromatic nitrogens is 4. The van der Waals surface area contributed by atoms with Gasteiger partial charge < -0.3 is 15.0 Å². The van der Waals surface area contributed by atoms with Gasteiger partial charge in [-0.15, -0.1) is 0 Å². The van der Waals surface area contributed by atoms with Crippen molar-refractivity contribution in [2.45, 2.75) is 26.0 Å². The summed E-state index contributed by atoms with van der Waals surface area (Å²) >= 11 is 6.21. The number of aromatic amines is 1. The average molecular weight is 348 g/mol. The predicted octanol–water partition coefficient (Wildman–Crippen LogP) is 2.49. The first kappa shape index (κ1) is 16.5. The Labute approximate surface area is 143 Å². The molecule has 1 amide bonds. The first-order chi connectivity index (χ1) is 11.4. The number of aliphatic hydroxyl groups excluding tert-OH is 1. The standard InChI is InChI=1S/C16H18ClN5O2/c1-8(14-19-15(9(2)23)21-20-14)18-16(24)11-7-22(3)13-10(11)5-4-6-12(13)17/h4-9,23H,1-3H3,(H,18,24)(H,19,20,21). The number of carbonyl (C=O) groups is 1. The van der Waals surface area contributed by atoms with E-state index < -0.39 is 6.10 Å². The number of para-hydroxylation sites is 1. The second-order valence-corrected chi connectivity index (χ2v) is 6.15. The zero-order valence-corrected chi connectivity index (χ0v) is 14.3. The lowest BCUT2D eigenvalue weighted by Gasteiger charge is -2.10. The lowest BCUT2D eigenvalue weighted by Crippen LogP contribution is -2.27. The number of aryl methyl sites for hydroxylation is 1. The minimum atomic E-state index is -0.766. The maximum atomic E-state index is 12.6. The van der Waals surface area contributed by atoms with Crippen LogP contribution in [0.4, 0.5) is 0 Å². The molecule has 0 saturated heterocycles. The van der Waals surface area contributed by atoms with E-state index in [9.17, 15) is 9.90 Å². The van der Waals surface area contributed by atoms with Crippen molar-refractivity contribution < 1.29 is 9.90 Å². The second-order valence-electron chi connectivity index (χ2n) is 5.74. The fourth-order valence-electron chi connectivity index (χ4n) is 2.61. The summed E-state index contributed by atoms with van der Waals surface area (Å²) in [7, 11) is 1.85. The first-order valence-electron chi connectivity index (χ1n) is 7.53. The molecule has 0 fully saturated rings. The normalized spacial score (nSPS) is 13.9. The summed E-state index contributed by atoms with van der Waals surface area (Å²) in [5.41, 5.74) is 1.35. The van der Waals surface area contributed by atoms with E-state index >= 15 is 0 Å². The van der Waals surface area contributed by atoms with Crippen molar-refractivity contribution in [2.75, 3.05) is 0 Å². The topological polar surface area (TPSA) is 95.8 Å². The van der Waals surface area contributed by atoms with E-state index in [1.807, 2.05) is 23.7 Å². The number of nitrogens with zero attached hydrogens (tertiary/aromatic N) is 3. The lowest BCUT2D eigenvalue weighted by atomic mass is 10.1. The molecule has 2 aromatic heterocycles. The molecule has 0 aliphatic heterocycles. The highest BCUT2D eigenvalue weighted by Gasteiger charge is 2.20. The van der Waals surface area contributed by atoms with Crippen LogP contribution < -0.4 is 5.32 Å². The Bertz CT molecular complexity index is 899. The molecule has 8 heteroatoms. The van der Waals surface area contributed by atoms with Gasteiger partial charge >= 0.3 is 0 Å². The van der Waals surface area contributed by atoms with Crippen LogP contribution in [-0.2, 0) is 7.05 Å². The summed E-state index contributed by atoms with van der Waals surface area (Å²) in [6.07, 6.45) is 0.985. The number of aliphatic hydroxyl groups is 1. The van der Waals surface area contributed by atoms with Crippen LogP contribution in [0.1, 0.15) is 48.0 Å². The Morgan fingerprint density at radius 3 is 2.83 bits per heavy atom. The number of carbonyl (C=O) groups excluding carboxylic acids is 1. The van der Waals surface area contributed by atoms with Gasteiger partial charge in [-0.2, -0.15) is 5.10 Å². The van der Waals surface area contributed by atoms with E-state index in [1.165, 1.54) is 0 Å². The fourth-order valence-corrected chi connectivity index (χ4v) is 2.92. The minimum Gasteiger partial charge on any atom is -0.385 e. The van der Waals surface area contributed by atoms with Crippen LogP contribution in [0.15, 0.2) is 24.4 Å². The molecule has 1 aromatic carbocycles. The Morgan fingerprint density at radius 1 is 1.42 bits per heavy atom. The largest absolute Gasteiger partial charge is 0.385 e. The number of halogens is 1. The van der Waals surface area contributed by atoms with Crippen LogP contribution in [0.5, 0.6) is 0 Å². The molecule has 0 bridgehead atoms. The van der Waals surface area contributed by atoms with Gasteiger partial charge in [0.25, 0.3) is 5.91 Å². The summed E-state index contributed by atoms with van der Waals surface area (Å²) in [4.78, 5) is 16.8. The molecule has 7 nitrogen and oxygen atoms in total. The lowest BCUT2D eigenvalue weighted by molar-refractivity contribution is 0.0940. The number of fused-ring (bicyclic) bond motifs is 1. The van der Waals surface area contributed by atoms with Crippen LogP contribution in [0.3, 0.4) is 0 Å². The maximum Gasteiger partial charge on any atom is 0.254 e. The van der Waals surface area contributed by atoms with Crippen molar-refractivity contribution in [3.05, 3.63) is 46.6 Å². The van der Waals surface area contributed by atoms with Crippen molar-refractivity contribution in [2.24, 2.45) is 7.05 Å². The number of rotatable bonds is 4. The number of benzene rings is 1. The highest BCUT2D eigenvalue weighted by atomic mass is 35.5. The molecule has 0 spiro atoms. The molecular formula is C16H18ClN5O2. The van der Waals surface area contributed by atoms with E-state index in [2.05, 4.69) is 20.5 Å². The van der Waals surface area contributed by atoms with Crippen LogP contribution in [-0.4, -0.2) is 30.8 Å². The van der Waals surface area contributed by atoms with Crippen molar-refractivity contribution in [1.29, 1.82) is 0 Å². The monoisotopic (exact) mass is 347 g/mol. The first-order valence-corrected chi connectivity index (χ1v) is 7.91. The van der Waals surface area contributed by atoms with Crippen LogP contribution >= 0.6 is 11.6 Å². The summed E-state index contributed by atoms with van der Waals surface area (Å²) in [6.45, 7) is 3.37. The Kier molecular flexibility index (Phi) is 4.29. The van der Waals surface area contributed by atoms with E-state index in [1.54, 1.807) is 26.1 Å². The van der Waals surface area contributed by atoms with Crippen molar-refractivity contribution in [3.63, 3.8) is 0 Å². The smallest absolute Gasteiger partial charge is 0.254 e. The third kappa shape index (κ3) is 2.88. The molecule has 3 rings (SSSR count). The van der Waals surface area contributed by atoms with E-state index in [-0.39, 0.29) is 11.9 Å². The second kappa shape index (κ2) is 6.26. The maximum absolute atomic E-state index is 12.6. The molecule has 2 unspecified atom stereocenters. The Balaban J connectivity index is 1.86. The highest BCUT2D eigenvalue weighted by Crippen LogP contribution is 2.27. The zero-order chi connectivity index (χ0) is 17.4. The molecule has 24 heavy (non-hydrogen) atoms. The SMILES string of the molecule is CC(O)c1n[nH]c(C(C)NC(=O)c2cn(C)c3c(Cl)cccc23)n1. The summed E-state index contributed by atoms with van der Waals surface area (Å²) < 4.78 is 1.83. The summed E-state index contributed by atoms with van der Waals surface area (Å²) in [6, 6.07) is 5.09. The molecule has 0 radical (unpaired) electrons. The molecule has 2 atom stereocenters. The Morgan fingerprint density at radius 2 is 2.17 bits per heavy atom. The van der Waals surface area contributed by atoms with Gasteiger partial charge in [-0.3, -0.25) is 9.89 Å². The van der Waals surface area contributed by atoms with Crippen molar-refractivity contribution in [1.82, 2.24) is 25.1 Å². The molecule has 0 aliphatic rings. The summed E-state index contributed by atoms with van der Waals surface area (Å²) in [5, 5.41) is 20.4. The van der Waals surface area contributed by atoms with Gasteiger partial charge in [-0.25, -0.2) is 4.98 Å². The number of hydrogen-bond donors (Lipinski definition) is 3. The Hall–Kier alpha value is -2.38.